The molecule has 0 unspecified atom stereocenters. The SMILES string of the molecule is CC1(CCNc2cccc(Cl)n2)OCCO1. The number of anilines is 1. The second-order valence-electron chi connectivity index (χ2n) is 3.85. The van der Waals surface area contributed by atoms with Gasteiger partial charge in [-0.1, -0.05) is 17.7 Å². The minimum absolute atomic E-state index is 0.453. The van der Waals surface area contributed by atoms with Gasteiger partial charge in [0.1, 0.15) is 11.0 Å². The van der Waals surface area contributed by atoms with E-state index < -0.39 is 5.79 Å². The van der Waals surface area contributed by atoms with Crippen LogP contribution in [-0.2, 0) is 9.47 Å². The minimum atomic E-state index is -0.453. The Labute approximate surface area is 99.9 Å². The molecule has 2 heterocycles. The first-order chi connectivity index (χ1) is 7.68. The first-order valence-electron chi connectivity index (χ1n) is 5.32. The molecule has 1 fully saturated rings. The summed E-state index contributed by atoms with van der Waals surface area (Å²) in [5, 5.41) is 3.67. The number of hydrogen-bond donors (Lipinski definition) is 1. The van der Waals surface area contributed by atoms with Crippen molar-refractivity contribution in [3.8, 4) is 0 Å². The van der Waals surface area contributed by atoms with E-state index in [9.17, 15) is 0 Å². The molecular formula is C11H15ClN2O2. The molecule has 0 aromatic carbocycles. The van der Waals surface area contributed by atoms with Crippen LogP contribution in [-0.4, -0.2) is 30.5 Å². The molecule has 0 saturated carbocycles. The van der Waals surface area contributed by atoms with E-state index in [4.69, 9.17) is 21.1 Å². The molecule has 0 aliphatic carbocycles. The third kappa shape index (κ3) is 3.07. The number of nitrogens with one attached hydrogen (secondary N) is 1. The van der Waals surface area contributed by atoms with Gasteiger partial charge in [-0.05, 0) is 19.1 Å². The lowest BCUT2D eigenvalue weighted by Crippen LogP contribution is -2.28. The van der Waals surface area contributed by atoms with Gasteiger partial charge >= 0.3 is 0 Å². The number of ether oxygens (including phenoxy) is 2. The lowest BCUT2D eigenvalue weighted by Gasteiger charge is -2.22. The molecule has 1 aliphatic heterocycles. The Morgan fingerprint density at radius 2 is 2.19 bits per heavy atom. The van der Waals surface area contributed by atoms with E-state index in [0.29, 0.717) is 18.4 Å². The standard InChI is InChI=1S/C11H15ClN2O2/c1-11(15-7-8-16-11)5-6-13-10-4-2-3-9(12)14-10/h2-4H,5-8H2,1H3,(H,13,14). The Morgan fingerprint density at radius 1 is 1.44 bits per heavy atom. The van der Waals surface area contributed by atoms with E-state index in [1.165, 1.54) is 0 Å². The summed E-state index contributed by atoms with van der Waals surface area (Å²) >= 11 is 5.78. The Hall–Kier alpha value is -0.840. The molecule has 1 aliphatic rings. The first kappa shape index (κ1) is 11.6. The summed E-state index contributed by atoms with van der Waals surface area (Å²) in [4.78, 5) is 4.13. The Morgan fingerprint density at radius 3 is 2.88 bits per heavy atom. The summed E-state index contributed by atoms with van der Waals surface area (Å²) in [6, 6.07) is 5.49. The van der Waals surface area contributed by atoms with Gasteiger partial charge in [0, 0.05) is 13.0 Å². The fourth-order valence-corrected chi connectivity index (χ4v) is 1.79. The van der Waals surface area contributed by atoms with Gasteiger partial charge in [-0.3, -0.25) is 0 Å². The lowest BCUT2D eigenvalue weighted by molar-refractivity contribution is -0.144. The van der Waals surface area contributed by atoms with Crippen molar-refractivity contribution in [3.05, 3.63) is 23.4 Å². The topological polar surface area (TPSA) is 43.4 Å². The van der Waals surface area contributed by atoms with E-state index in [1.807, 2.05) is 19.1 Å². The molecule has 0 radical (unpaired) electrons. The summed E-state index contributed by atoms with van der Waals surface area (Å²) in [6.45, 7) is 4.04. The molecule has 1 aromatic rings. The number of hydrogen-bond acceptors (Lipinski definition) is 4. The molecular weight excluding hydrogens is 228 g/mol. The van der Waals surface area contributed by atoms with Crippen LogP contribution < -0.4 is 5.32 Å². The van der Waals surface area contributed by atoms with Crippen molar-refractivity contribution in [2.75, 3.05) is 25.1 Å². The van der Waals surface area contributed by atoms with Crippen LogP contribution in [0.15, 0.2) is 18.2 Å². The number of nitrogens with zero attached hydrogens (tertiary/aromatic N) is 1. The van der Waals surface area contributed by atoms with Gasteiger partial charge in [0.15, 0.2) is 5.79 Å². The summed E-state index contributed by atoms with van der Waals surface area (Å²) < 4.78 is 11.0. The van der Waals surface area contributed by atoms with Gasteiger partial charge in [-0.25, -0.2) is 4.98 Å². The smallest absolute Gasteiger partial charge is 0.167 e. The molecule has 0 atom stereocenters. The molecule has 16 heavy (non-hydrogen) atoms. The van der Waals surface area contributed by atoms with E-state index in [0.717, 1.165) is 18.8 Å². The largest absolute Gasteiger partial charge is 0.370 e. The van der Waals surface area contributed by atoms with Crippen LogP contribution in [0.1, 0.15) is 13.3 Å². The van der Waals surface area contributed by atoms with Crippen molar-refractivity contribution in [2.45, 2.75) is 19.1 Å². The Bertz CT molecular complexity index is 354. The Balaban J connectivity index is 1.79. The summed E-state index contributed by atoms with van der Waals surface area (Å²) in [7, 11) is 0. The van der Waals surface area contributed by atoms with Gasteiger partial charge in [-0.15, -0.1) is 0 Å². The van der Waals surface area contributed by atoms with Gasteiger partial charge < -0.3 is 14.8 Å². The quantitative estimate of drug-likeness (QED) is 0.823. The van der Waals surface area contributed by atoms with Gasteiger partial charge in [0.25, 0.3) is 0 Å². The molecule has 2 rings (SSSR count). The highest BCUT2D eigenvalue weighted by Gasteiger charge is 2.30. The van der Waals surface area contributed by atoms with E-state index in [1.54, 1.807) is 6.07 Å². The maximum Gasteiger partial charge on any atom is 0.167 e. The fourth-order valence-electron chi connectivity index (χ4n) is 1.63. The lowest BCUT2D eigenvalue weighted by atomic mass is 10.2. The fraction of sp³-hybridized carbons (Fsp3) is 0.545. The monoisotopic (exact) mass is 242 g/mol. The van der Waals surface area contributed by atoms with Crippen LogP contribution in [0.4, 0.5) is 5.82 Å². The van der Waals surface area contributed by atoms with Crippen molar-refractivity contribution in [1.82, 2.24) is 4.98 Å². The van der Waals surface area contributed by atoms with Crippen molar-refractivity contribution in [3.63, 3.8) is 0 Å². The minimum Gasteiger partial charge on any atom is -0.370 e. The summed E-state index contributed by atoms with van der Waals surface area (Å²) in [5.41, 5.74) is 0. The van der Waals surface area contributed by atoms with E-state index >= 15 is 0 Å². The normalized spacial score (nSPS) is 18.6. The van der Waals surface area contributed by atoms with Gasteiger partial charge in [0.2, 0.25) is 0 Å². The second kappa shape index (κ2) is 4.99. The highest BCUT2D eigenvalue weighted by molar-refractivity contribution is 6.29. The molecule has 1 N–H and O–H groups in total. The average Bonchev–Trinajstić information content (AvgIpc) is 2.65. The zero-order valence-corrected chi connectivity index (χ0v) is 9.96. The average molecular weight is 243 g/mol. The van der Waals surface area contributed by atoms with Crippen molar-refractivity contribution in [1.29, 1.82) is 0 Å². The summed E-state index contributed by atoms with van der Waals surface area (Å²) in [6.07, 6.45) is 0.779. The number of rotatable bonds is 4. The van der Waals surface area contributed by atoms with E-state index in [-0.39, 0.29) is 0 Å². The second-order valence-corrected chi connectivity index (χ2v) is 4.24. The molecule has 0 bridgehead atoms. The van der Waals surface area contributed by atoms with Crippen molar-refractivity contribution >= 4 is 17.4 Å². The molecule has 1 aromatic heterocycles. The third-order valence-electron chi connectivity index (χ3n) is 2.50. The van der Waals surface area contributed by atoms with Gasteiger partial charge in [-0.2, -0.15) is 0 Å². The predicted octanol–water partition coefficient (Wildman–Crippen LogP) is 2.30. The van der Waals surface area contributed by atoms with Crippen LogP contribution >= 0.6 is 11.6 Å². The van der Waals surface area contributed by atoms with Crippen LogP contribution in [0.25, 0.3) is 0 Å². The third-order valence-corrected chi connectivity index (χ3v) is 2.71. The molecule has 5 heteroatoms. The highest BCUT2D eigenvalue weighted by Crippen LogP contribution is 2.22. The highest BCUT2D eigenvalue weighted by atomic mass is 35.5. The Kier molecular flexibility index (Phi) is 3.63. The van der Waals surface area contributed by atoms with Crippen molar-refractivity contribution in [2.24, 2.45) is 0 Å². The number of halogens is 1. The van der Waals surface area contributed by atoms with Crippen LogP contribution in [0.3, 0.4) is 0 Å². The summed E-state index contributed by atoms with van der Waals surface area (Å²) in [5.74, 6) is 0.320. The van der Waals surface area contributed by atoms with Crippen LogP contribution in [0.2, 0.25) is 5.15 Å². The molecule has 4 nitrogen and oxygen atoms in total. The van der Waals surface area contributed by atoms with E-state index in [2.05, 4.69) is 10.3 Å². The molecule has 0 spiro atoms. The van der Waals surface area contributed by atoms with Crippen LogP contribution in [0.5, 0.6) is 0 Å². The zero-order valence-electron chi connectivity index (χ0n) is 9.20. The van der Waals surface area contributed by atoms with Gasteiger partial charge in [0.05, 0.1) is 13.2 Å². The van der Waals surface area contributed by atoms with Crippen molar-refractivity contribution < 1.29 is 9.47 Å². The first-order valence-corrected chi connectivity index (χ1v) is 5.70. The predicted molar refractivity (Wildman–Crippen MR) is 62.7 cm³/mol. The number of pyridine rings is 1. The molecule has 88 valence electrons. The maximum absolute atomic E-state index is 5.78. The molecule has 1 saturated heterocycles. The number of aromatic nitrogens is 1. The maximum atomic E-state index is 5.78. The van der Waals surface area contributed by atoms with Crippen LogP contribution in [0, 0.1) is 0 Å². The molecule has 0 amide bonds. The zero-order chi connectivity index (χ0) is 11.4.